The van der Waals surface area contributed by atoms with Crippen molar-refractivity contribution in [2.24, 2.45) is 17.6 Å². The van der Waals surface area contributed by atoms with Gasteiger partial charge in [0.05, 0.1) is 0 Å². The summed E-state index contributed by atoms with van der Waals surface area (Å²) in [6, 6.07) is 2.14. The number of aromatic nitrogens is 1. The molecule has 0 amide bonds. The van der Waals surface area contributed by atoms with Crippen LogP contribution in [0.15, 0.2) is 18.5 Å². The fraction of sp³-hybridized carbons (Fsp3) is 0.692. The molecule has 0 aliphatic carbocycles. The largest absolute Gasteiger partial charge is 0.367 e. The van der Waals surface area contributed by atoms with E-state index < -0.39 is 0 Å². The predicted molar refractivity (Wildman–Crippen MR) is 69.4 cm³/mol. The van der Waals surface area contributed by atoms with Crippen LogP contribution in [0.2, 0.25) is 0 Å². The van der Waals surface area contributed by atoms with Gasteiger partial charge in [0, 0.05) is 25.5 Å². The highest BCUT2D eigenvalue weighted by atomic mass is 15.1. The molecule has 1 rings (SSSR count). The third-order valence-electron chi connectivity index (χ3n) is 3.24. The Balaban J connectivity index is 2.27. The molecule has 1 atom stereocenters. The van der Waals surface area contributed by atoms with Gasteiger partial charge in [0.2, 0.25) is 0 Å². The van der Waals surface area contributed by atoms with Crippen LogP contribution in [0.25, 0.3) is 0 Å². The maximum absolute atomic E-state index is 5.78. The first kappa shape index (κ1) is 13.3. The Hall–Kier alpha value is -0.800. The molecule has 1 aromatic heterocycles. The van der Waals surface area contributed by atoms with Crippen LogP contribution in [0.5, 0.6) is 0 Å². The van der Waals surface area contributed by atoms with Crippen molar-refractivity contribution in [3.8, 4) is 0 Å². The molecule has 0 fully saturated rings. The van der Waals surface area contributed by atoms with E-state index >= 15 is 0 Å². The molecule has 0 aliphatic heterocycles. The van der Waals surface area contributed by atoms with Gasteiger partial charge < -0.3 is 15.6 Å². The lowest BCUT2D eigenvalue weighted by atomic mass is 9.95. The van der Waals surface area contributed by atoms with Crippen LogP contribution < -0.4 is 5.73 Å². The first-order chi connectivity index (χ1) is 7.63. The first-order valence-electron chi connectivity index (χ1n) is 6.13. The Morgan fingerprint density at radius 2 is 2.19 bits per heavy atom. The van der Waals surface area contributed by atoms with Crippen LogP contribution in [0.1, 0.15) is 19.4 Å². The Morgan fingerprint density at radius 1 is 1.44 bits per heavy atom. The minimum absolute atomic E-state index is 0.608. The summed E-state index contributed by atoms with van der Waals surface area (Å²) in [7, 11) is 2.18. The second-order valence-corrected chi connectivity index (χ2v) is 4.97. The topological polar surface area (TPSA) is 45.0 Å². The summed E-state index contributed by atoms with van der Waals surface area (Å²) < 4.78 is 0. The Kier molecular flexibility index (Phi) is 5.56. The molecule has 3 nitrogen and oxygen atoms in total. The Morgan fingerprint density at radius 3 is 2.69 bits per heavy atom. The van der Waals surface area contributed by atoms with E-state index in [2.05, 4.69) is 43.0 Å². The number of hydrogen-bond donors (Lipinski definition) is 2. The number of nitrogens with one attached hydrogen (secondary N) is 1. The molecule has 0 aromatic carbocycles. The van der Waals surface area contributed by atoms with E-state index in [9.17, 15) is 0 Å². The van der Waals surface area contributed by atoms with Crippen LogP contribution >= 0.6 is 0 Å². The first-order valence-corrected chi connectivity index (χ1v) is 6.13. The lowest BCUT2D eigenvalue weighted by Crippen LogP contribution is -2.34. The second-order valence-electron chi connectivity index (χ2n) is 4.97. The highest BCUT2D eigenvalue weighted by Crippen LogP contribution is 2.10. The Bertz CT molecular complexity index is 267. The van der Waals surface area contributed by atoms with E-state index in [0.29, 0.717) is 11.8 Å². The van der Waals surface area contributed by atoms with Gasteiger partial charge in [-0.25, -0.2) is 0 Å². The summed E-state index contributed by atoms with van der Waals surface area (Å²) in [4.78, 5) is 5.46. The second kappa shape index (κ2) is 6.71. The number of H-pyrrole nitrogens is 1. The zero-order valence-electron chi connectivity index (χ0n) is 10.7. The van der Waals surface area contributed by atoms with Gasteiger partial charge in [-0.1, -0.05) is 13.8 Å². The average Bonchev–Trinajstić information content (AvgIpc) is 2.75. The van der Waals surface area contributed by atoms with Gasteiger partial charge in [-0.15, -0.1) is 0 Å². The highest BCUT2D eigenvalue weighted by Gasteiger charge is 2.13. The molecule has 1 aromatic rings. The summed E-state index contributed by atoms with van der Waals surface area (Å²) >= 11 is 0. The quantitative estimate of drug-likeness (QED) is 0.739. The molecule has 0 radical (unpaired) electrons. The Labute approximate surface area is 99.0 Å². The molecule has 1 unspecified atom stereocenters. The number of aromatic amines is 1. The third kappa shape index (κ3) is 4.37. The van der Waals surface area contributed by atoms with E-state index in [4.69, 9.17) is 5.73 Å². The van der Waals surface area contributed by atoms with Crippen molar-refractivity contribution in [1.82, 2.24) is 9.88 Å². The number of hydrogen-bond acceptors (Lipinski definition) is 2. The number of likely N-dealkylation sites (N-methyl/N-ethyl adjacent to an activating group) is 1. The smallest absolute Gasteiger partial charge is 0.00378 e. The van der Waals surface area contributed by atoms with Crippen molar-refractivity contribution in [2.75, 3.05) is 26.7 Å². The molecule has 3 N–H and O–H groups in total. The summed E-state index contributed by atoms with van der Waals surface area (Å²) in [6.45, 7) is 7.47. The van der Waals surface area contributed by atoms with Crippen LogP contribution in [-0.4, -0.2) is 36.6 Å². The number of rotatable bonds is 7. The monoisotopic (exact) mass is 223 g/mol. The van der Waals surface area contributed by atoms with Crippen molar-refractivity contribution in [3.05, 3.63) is 24.0 Å². The van der Waals surface area contributed by atoms with Crippen molar-refractivity contribution < 1.29 is 0 Å². The molecule has 0 spiro atoms. The van der Waals surface area contributed by atoms with Crippen LogP contribution in [-0.2, 0) is 6.42 Å². The number of nitrogens with zero attached hydrogens (tertiary/aromatic N) is 1. The lowest BCUT2D eigenvalue weighted by molar-refractivity contribution is 0.242. The minimum atomic E-state index is 0.608. The van der Waals surface area contributed by atoms with Crippen molar-refractivity contribution in [2.45, 2.75) is 20.3 Å². The van der Waals surface area contributed by atoms with Crippen LogP contribution in [0.3, 0.4) is 0 Å². The zero-order chi connectivity index (χ0) is 12.0. The minimum Gasteiger partial charge on any atom is -0.367 e. The van der Waals surface area contributed by atoms with Gasteiger partial charge in [-0.05, 0) is 43.5 Å². The van der Waals surface area contributed by atoms with Crippen molar-refractivity contribution >= 4 is 0 Å². The van der Waals surface area contributed by atoms with Gasteiger partial charge in [0.25, 0.3) is 0 Å². The van der Waals surface area contributed by atoms with Crippen LogP contribution in [0.4, 0.5) is 0 Å². The molecule has 0 saturated heterocycles. The van der Waals surface area contributed by atoms with E-state index in [-0.39, 0.29) is 0 Å². The normalized spacial score (nSPS) is 13.6. The fourth-order valence-corrected chi connectivity index (χ4v) is 1.88. The standard InChI is InChI=1S/C13H25N3/c1-11(2)13(8-14)10-16(3)7-5-12-4-6-15-9-12/h4,6,9,11,13,15H,5,7-8,10,14H2,1-3H3. The molecule has 0 aliphatic rings. The molecular formula is C13H25N3. The highest BCUT2D eigenvalue weighted by molar-refractivity contribution is 5.08. The molecule has 16 heavy (non-hydrogen) atoms. The molecule has 92 valence electrons. The molecule has 0 bridgehead atoms. The van der Waals surface area contributed by atoms with E-state index in [1.165, 1.54) is 5.56 Å². The van der Waals surface area contributed by atoms with E-state index in [1.807, 2.05) is 6.20 Å². The van der Waals surface area contributed by atoms with Crippen molar-refractivity contribution in [1.29, 1.82) is 0 Å². The molecule has 3 heteroatoms. The summed E-state index contributed by atoms with van der Waals surface area (Å²) in [5, 5.41) is 0. The van der Waals surface area contributed by atoms with E-state index in [0.717, 1.165) is 26.1 Å². The maximum atomic E-state index is 5.78. The van der Waals surface area contributed by atoms with Gasteiger partial charge in [0.15, 0.2) is 0 Å². The maximum Gasteiger partial charge on any atom is 0.00378 e. The zero-order valence-corrected chi connectivity index (χ0v) is 10.7. The van der Waals surface area contributed by atoms with Gasteiger partial charge >= 0.3 is 0 Å². The fourth-order valence-electron chi connectivity index (χ4n) is 1.88. The number of nitrogens with two attached hydrogens (primary N) is 1. The van der Waals surface area contributed by atoms with Gasteiger partial charge in [-0.3, -0.25) is 0 Å². The molecule has 0 saturated carbocycles. The summed E-state index contributed by atoms with van der Waals surface area (Å²) in [5.74, 6) is 1.27. The van der Waals surface area contributed by atoms with Gasteiger partial charge in [-0.2, -0.15) is 0 Å². The third-order valence-corrected chi connectivity index (χ3v) is 3.24. The summed E-state index contributed by atoms with van der Waals surface area (Å²) in [6.07, 6.45) is 5.15. The molecular weight excluding hydrogens is 198 g/mol. The van der Waals surface area contributed by atoms with Crippen molar-refractivity contribution in [3.63, 3.8) is 0 Å². The lowest BCUT2D eigenvalue weighted by Gasteiger charge is -2.25. The summed E-state index contributed by atoms with van der Waals surface area (Å²) in [5.41, 5.74) is 7.16. The predicted octanol–water partition coefficient (Wildman–Crippen LogP) is 1.72. The average molecular weight is 223 g/mol. The molecule has 1 heterocycles. The van der Waals surface area contributed by atoms with Crippen LogP contribution in [0, 0.1) is 11.8 Å². The SMILES string of the molecule is CC(C)C(CN)CN(C)CCc1cc[nH]c1. The van der Waals surface area contributed by atoms with Gasteiger partial charge in [0.1, 0.15) is 0 Å². The van der Waals surface area contributed by atoms with E-state index in [1.54, 1.807) is 0 Å².